The highest BCUT2D eigenvalue weighted by Gasteiger charge is 2.52. The van der Waals surface area contributed by atoms with Gasteiger partial charge in [0.15, 0.2) is 0 Å². The van der Waals surface area contributed by atoms with Crippen LogP contribution in [-0.2, 0) is 9.67 Å². The van der Waals surface area contributed by atoms with Gasteiger partial charge in [-0.05, 0) is 24.3 Å². The minimum Gasteiger partial charge on any atom is -0.493 e. The molecule has 0 radical (unpaired) electrons. The molecule has 0 aromatic heterocycles. The van der Waals surface area contributed by atoms with E-state index in [0.29, 0.717) is 18.8 Å². The van der Waals surface area contributed by atoms with Gasteiger partial charge in [-0.3, -0.25) is 4.79 Å². The smallest absolute Gasteiger partial charge is 0.246 e. The van der Waals surface area contributed by atoms with Crippen LogP contribution in [0.4, 0.5) is 8.78 Å². The summed E-state index contributed by atoms with van der Waals surface area (Å²) in [7, 11) is 0. The molecule has 0 N–H and O–H groups in total. The second-order valence-electron chi connectivity index (χ2n) is 6.82. The molecule has 2 heterocycles. The maximum Gasteiger partial charge on any atom is 0.246 e. The normalized spacial score (nSPS) is 21.2. The van der Waals surface area contributed by atoms with Crippen molar-refractivity contribution in [2.75, 3.05) is 6.61 Å². The average molecular weight is 388 g/mol. The molecule has 2 aliphatic rings. The van der Waals surface area contributed by atoms with E-state index in [2.05, 4.69) is 5.10 Å². The van der Waals surface area contributed by atoms with Gasteiger partial charge in [-0.25, -0.2) is 13.8 Å². The van der Waals surface area contributed by atoms with Crippen molar-refractivity contribution in [3.8, 4) is 5.75 Å². The number of fused-ring (bicyclic) bond motifs is 2. The van der Waals surface area contributed by atoms with E-state index < -0.39 is 16.5 Å². The Morgan fingerprint density at radius 2 is 2.04 bits per heavy atom. The molecule has 0 fully saturated rings. The van der Waals surface area contributed by atoms with Crippen LogP contribution in [0.15, 0.2) is 47.6 Å². The lowest BCUT2D eigenvalue weighted by molar-refractivity contribution is -0.138. The van der Waals surface area contributed by atoms with Gasteiger partial charge < -0.3 is 4.74 Å². The molecule has 0 aliphatic carbocycles. The maximum absolute atomic E-state index is 14.4. The lowest BCUT2D eigenvalue weighted by atomic mass is 9.98. The third kappa shape index (κ3) is 2.90. The summed E-state index contributed by atoms with van der Waals surface area (Å²) >= 11 is 1.27. The summed E-state index contributed by atoms with van der Waals surface area (Å²) in [6.45, 7) is 3.99. The number of carbonyl (C=O) groups excluding carboxylic acids is 1. The zero-order valence-corrected chi connectivity index (χ0v) is 15.7. The summed E-state index contributed by atoms with van der Waals surface area (Å²) < 4.78 is 33.8. The number of rotatable bonds is 2. The van der Waals surface area contributed by atoms with Crippen LogP contribution in [0.5, 0.6) is 5.75 Å². The largest absolute Gasteiger partial charge is 0.493 e. The van der Waals surface area contributed by atoms with Gasteiger partial charge in [0.2, 0.25) is 5.91 Å². The van der Waals surface area contributed by atoms with Crippen molar-refractivity contribution < 1.29 is 18.3 Å². The summed E-state index contributed by atoms with van der Waals surface area (Å²) in [6, 6.07) is 10.7. The molecule has 1 unspecified atom stereocenters. The van der Waals surface area contributed by atoms with E-state index in [1.165, 1.54) is 16.8 Å². The molecule has 27 heavy (non-hydrogen) atoms. The van der Waals surface area contributed by atoms with Gasteiger partial charge in [0, 0.05) is 23.5 Å². The van der Waals surface area contributed by atoms with Gasteiger partial charge in [-0.2, -0.15) is 5.10 Å². The third-order valence-corrected chi connectivity index (χ3v) is 6.10. The zero-order valence-electron chi connectivity index (χ0n) is 14.9. The summed E-state index contributed by atoms with van der Waals surface area (Å²) in [5.74, 6) is -0.917. The highest BCUT2D eigenvalue weighted by atomic mass is 32.2. The molecule has 2 aromatic carbocycles. The van der Waals surface area contributed by atoms with Crippen molar-refractivity contribution in [3.63, 3.8) is 0 Å². The Kier molecular flexibility index (Phi) is 4.42. The third-order valence-electron chi connectivity index (χ3n) is 4.67. The molecule has 0 bridgehead atoms. The quantitative estimate of drug-likeness (QED) is 0.761. The van der Waals surface area contributed by atoms with Crippen molar-refractivity contribution in [3.05, 3.63) is 65.2 Å². The molecular formula is C20H18F2N2O2S. The summed E-state index contributed by atoms with van der Waals surface area (Å²) in [4.78, 5) is 12.1. The second kappa shape index (κ2) is 6.64. The SMILES string of the molecule is CC(C)C(=O)N1N=C(c2cc(F)ccc2F)SC12CCOc1ccccc12. The van der Waals surface area contributed by atoms with Crippen LogP contribution in [0.2, 0.25) is 0 Å². The van der Waals surface area contributed by atoms with Crippen LogP contribution in [0, 0.1) is 17.6 Å². The number of thioether (sulfide) groups is 1. The molecule has 140 valence electrons. The number of benzene rings is 2. The maximum atomic E-state index is 14.4. The lowest BCUT2D eigenvalue weighted by Gasteiger charge is -2.40. The number of amides is 1. The standard InChI is InChI=1S/C20H18F2N2O2S/c1-12(2)19(25)24-20(9-10-26-17-6-4-3-5-15(17)20)27-18(23-24)14-11-13(21)7-8-16(14)22/h3-8,11-12H,9-10H2,1-2H3. The molecule has 1 atom stereocenters. The molecule has 1 amide bonds. The second-order valence-corrected chi connectivity index (χ2v) is 8.08. The summed E-state index contributed by atoms with van der Waals surface area (Å²) in [6.07, 6.45) is 0.497. The monoisotopic (exact) mass is 388 g/mol. The fraction of sp³-hybridized carbons (Fsp3) is 0.300. The van der Waals surface area contributed by atoms with Gasteiger partial charge in [-0.1, -0.05) is 43.8 Å². The van der Waals surface area contributed by atoms with E-state index in [1.807, 2.05) is 24.3 Å². The number of halogens is 2. The van der Waals surface area contributed by atoms with Gasteiger partial charge in [0.1, 0.15) is 27.3 Å². The Bertz CT molecular complexity index is 947. The minimum atomic E-state index is -0.829. The predicted molar refractivity (Wildman–Crippen MR) is 100 cm³/mol. The van der Waals surface area contributed by atoms with Crippen LogP contribution < -0.4 is 4.74 Å². The first kappa shape index (κ1) is 18.0. The van der Waals surface area contributed by atoms with Crippen molar-refractivity contribution in [2.24, 2.45) is 11.0 Å². The molecule has 2 aliphatic heterocycles. The fourth-order valence-corrected chi connectivity index (χ4v) is 4.70. The van der Waals surface area contributed by atoms with Crippen molar-refractivity contribution in [2.45, 2.75) is 25.1 Å². The number of carbonyl (C=O) groups is 1. The van der Waals surface area contributed by atoms with Crippen LogP contribution in [-0.4, -0.2) is 22.6 Å². The van der Waals surface area contributed by atoms with Crippen LogP contribution in [0.25, 0.3) is 0 Å². The molecule has 0 saturated carbocycles. The fourth-order valence-electron chi connectivity index (χ4n) is 3.31. The molecular weight excluding hydrogens is 370 g/mol. The summed E-state index contributed by atoms with van der Waals surface area (Å²) in [5.41, 5.74) is 0.869. The topological polar surface area (TPSA) is 41.9 Å². The van der Waals surface area contributed by atoms with E-state index >= 15 is 0 Å². The van der Waals surface area contributed by atoms with Crippen molar-refractivity contribution >= 4 is 22.7 Å². The highest BCUT2D eigenvalue weighted by molar-refractivity contribution is 8.15. The number of nitrogens with zero attached hydrogens (tertiary/aromatic N) is 2. The highest BCUT2D eigenvalue weighted by Crippen LogP contribution is 2.54. The van der Waals surface area contributed by atoms with Gasteiger partial charge in [0.05, 0.1) is 6.61 Å². The van der Waals surface area contributed by atoms with E-state index in [0.717, 1.165) is 23.8 Å². The van der Waals surface area contributed by atoms with Crippen LogP contribution >= 0.6 is 11.8 Å². The molecule has 1 spiro atoms. The Balaban J connectivity index is 1.87. The lowest BCUT2D eigenvalue weighted by Crippen LogP contribution is -2.46. The molecule has 4 rings (SSSR count). The first-order valence-corrected chi connectivity index (χ1v) is 9.53. The molecule has 2 aromatic rings. The molecule has 4 nitrogen and oxygen atoms in total. The Hall–Kier alpha value is -2.41. The number of hydrogen-bond donors (Lipinski definition) is 0. The Morgan fingerprint density at radius 1 is 1.26 bits per heavy atom. The first-order chi connectivity index (χ1) is 12.9. The van der Waals surface area contributed by atoms with Crippen LogP contribution in [0.1, 0.15) is 31.4 Å². The van der Waals surface area contributed by atoms with Gasteiger partial charge >= 0.3 is 0 Å². The number of ether oxygens (including phenoxy) is 1. The average Bonchev–Trinajstić information content (AvgIpc) is 3.03. The zero-order chi connectivity index (χ0) is 19.2. The van der Waals surface area contributed by atoms with Gasteiger partial charge in [-0.15, -0.1) is 0 Å². The molecule has 0 saturated heterocycles. The van der Waals surface area contributed by atoms with E-state index in [1.54, 1.807) is 13.8 Å². The van der Waals surface area contributed by atoms with E-state index in [-0.39, 0.29) is 22.4 Å². The van der Waals surface area contributed by atoms with Crippen molar-refractivity contribution in [1.82, 2.24) is 5.01 Å². The van der Waals surface area contributed by atoms with Gasteiger partial charge in [0.25, 0.3) is 0 Å². The number of para-hydroxylation sites is 1. The molecule has 7 heteroatoms. The Morgan fingerprint density at radius 3 is 2.81 bits per heavy atom. The van der Waals surface area contributed by atoms with Crippen LogP contribution in [0.3, 0.4) is 0 Å². The number of hydrazone groups is 1. The van der Waals surface area contributed by atoms with E-state index in [9.17, 15) is 13.6 Å². The Labute approximate surface area is 160 Å². The van der Waals surface area contributed by atoms with E-state index in [4.69, 9.17) is 4.74 Å². The number of hydrogen-bond acceptors (Lipinski definition) is 4. The summed E-state index contributed by atoms with van der Waals surface area (Å²) in [5, 5.41) is 6.18. The minimum absolute atomic E-state index is 0.0578. The van der Waals surface area contributed by atoms with Crippen molar-refractivity contribution in [1.29, 1.82) is 0 Å². The predicted octanol–water partition coefficient (Wildman–Crippen LogP) is 4.49. The first-order valence-electron chi connectivity index (χ1n) is 8.72.